The van der Waals surface area contributed by atoms with Gasteiger partial charge < -0.3 is 5.32 Å². The highest BCUT2D eigenvalue weighted by Crippen LogP contribution is 2.17. The quantitative estimate of drug-likeness (QED) is 0.861. The number of hydrogen-bond acceptors (Lipinski definition) is 3. The minimum atomic E-state index is -3.69. The van der Waals surface area contributed by atoms with Gasteiger partial charge in [0.05, 0.1) is 17.5 Å². The van der Waals surface area contributed by atoms with Gasteiger partial charge in [-0.25, -0.2) is 8.42 Å². The Balaban J connectivity index is 2.04. The molecule has 5 nitrogen and oxygen atoms in total. The zero-order valence-corrected chi connectivity index (χ0v) is 15.8. The summed E-state index contributed by atoms with van der Waals surface area (Å²) in [6.07, 6.45) is 0. The van der Waals surface area contributed by atoms with E-state index in [9.17, 15) is 13.2 Å². The number of sulfonamides is 1. The lowest BCUT2D eigenvalue weighted by molar-refractivity contribution is -0.121. The Bertz CT molecular complexity index is 845. The van der Waals surface area contributed by atoms with E-state index < -0.39 is 10.0 Å². The predicted molar refractivity (Wildman–Crippen MR) is 98.7 cm³/mol. The molecule has 0 aromatic heterocycles. The van der Waals surface area contributed by atoms with Crippen LogP contribution in [0, 0.1) is 13.8 Å². The van der Waals surface area contributed by atoms with E-state index in [1.165, 1.54) is 7.05 Å². The van der Waals surface area contributed by atoms with Gasteiger partial charge in [-0.3, -0.25) is 4.79 Å². The van der Waals surface area contributed by atoms with Gasteiger partial charge in [-0.1, -0.05) is 42.0 Å². The molecular weight excluding hydrogens is 336 g/mol. The number of amides is 1. The van der Waals surface area contributed by atoms with Gasteiger partial charge in [-0.05, 0) is 44.0 Å². The van der Waals surface area contributed by atoms with Crippen LogP contribution in [0.1, 0.15) is 29.7 Å². The summed E-state index contributed by atoms with van der Waals surface area (Å²) in [5.41, 5.74) is 3.07. The number of aryl methyl sites for hydroxylation is 2. The summed E-state index contributed by atoms with van der Waals surface area (Å²) >= 11 is 0. The zero-order chi connectivity index (χ0) is 18.6. The lowest BCUT2D eigenvalue weighted by Crippen LogP contribution is -2.39. The molecule has 0 aliphatic rings. The molecule has 0 aliphatic carbocycles. The van der Waals surface area contributed by atoms with E-state index in [-0.39, 0.29) is 23.4 Å². The van der Waals surface area contributed by atoms with Gasteiger partial charge >= 0.3 is 0 Å². The Morgan fingerprint density at radius 2 is 1.68 bits per heavy atom. The summed E-state index contributed by atoms with van der Waals surface area (Å²) < 4.78 is 26.1. The van der Waals surface area contributed by atoms with E-state index in [1.807, 2.05) is 45.0 Å². The van der Waals surface area contributed by atoms with E-state index in [1.54, 1.807) is 24.3 Å². The van der Waals surface area contributed by atoms with Gasteiger partial charge in [0.2, 0.25) is 15.9 Å². The van der Waals surface area contributed by atoms with Crippen molar-refractivity contribution in [2.24, 2.45) is 0 Å². The van der Waals surface area contributed by atoms with E-state index in [4.69, 9.17) is 0 Å². The third-order valence-electron chi connectivity index (χ3n) is 4.13. The van der Waals surface area contributed by atoms with Crippen molar-refractivity contribution in [2.45, 2.75) is 31.7 Å². The van der Waals surface area contributed by atoms with Crippen LogP contribution in [-0.2, 0) is 14.8 Å². The van der Waals surface area contributed by atoms with Crippen LogP contribution in [0.3, 0.4) is 0 Å². The fourth-order valence-corrected chi connectivity index (χ4v) is 3.74. The van der Waals surface area contributed by atoms with Crippen LogP contribution in [0.5, 0.6) is 0 Å². The Hall–Kier alpha value is -2.18. The van der Waals surface area contributed by atoms with Crippen LogP contribution in [0.4, 0.5) is 0 Å². The summed E-state index contributed by atoms with van der Waals surface area (Å²) in [6.45, 7) is 5.52. The van der Waals surface area contributed by atoms with Crippen LogP contribution in [-0.4, -0.2) is 32.2 Å². The minimum absolute atomic E-state index is 0.181. The van der Waals surface area contributed by atoms with Crippen molar-refractivity contribution in [3.63, 3.8) is 0 Å². The third-order valence-corrected chi connectivity index (χ3v) is 5.95. The number of nitrogens with zero attached hydrogens (tertiary/aromatic N) is 1. The normalized spacial score (nSPS) is 12.8. The molecule has 2 aromatic rings. The van der Waals surface area contributed by atoms with Crippen molar-refractivity contribution in [3.05, 3.63) is 65.2 Å². The van der Waals surface area contributed by atoms with Gasteiger partial charge in [0, 0.05) is 7.05 Å². The summed E-state index contributed by atoms with van der Waals surface area (Å²) in [6, 6.07) is 14.2. The van der Waals surface area contributed by atoms with Gasteiger partial charge in [0.1, 0.15) is 0 Å². The fraction of sp³-hybridized carbons (Fsp3) is 0.316. The van der Waals surface area contributed by atoms with Gasteiger partial charge in [0.15, 0.2) is 0 Å². The third kappa shape index (κ3) is 4.67. The first-order chi connectivity index (χ1) is 11.7. The van der Waals surface area contributed by atoms with Crippen LogP contribution in [0.2, 0.25) is 0 Å². The standard InChI is InChI=1S/C19H24N2O3S/c1-14-9-11-17(12-10-14)25(23,24)21(4)13-19(22)20-16(3)18-8-6-5-7-15(18)2/h5-12,16H,13H2,1-4H3,(H,20,22)/t16-/m0/s1. The SMILES string of the molecule is Cc1ccc(S(=O)(=O)N(C)CC(=O)N[C@@H](C)c2ccccc2C)cc1. The number of carbonyl (C=O) groups is 1. The van der Waals surface area contributed by atoms with Crippen LogP contribution in [0.15, 0.2) is 53.4 Å². The van der Waals surface area contributed by atoms with Crippen molar-refractivity contribution in [1.29, 1.82) is 0 Å². The highest BCUT2D eigenvalue weighted by atomic mass is 32.2. The zero-order valence-electron chi connectivity index (χ0n) is 15.0. The number of benzene rings is 2. The molecule has 0 spiro atoms. The number of hydrogen-bond donors (Lipinski definition) is 1. The van der Waals surface area contributed by atoms with Crippen molar-refractivity contribution in [1.82, 2.24) is 9.62 Å². The first kappa shape index (κ1) is 19.1. The monoisotopic (exact) mass is 360 g/mol. The topological polar surface area (TPSA) is 66.5 Å². The highest BCUT2D eigenvalue weighted by Gasteiger charge is 2.23. The number of likely N-dealkylation sites (N-methyl/N-ethyl adjacent to an activating group) is 1. The average Bonchev–Trinajstić information content (AvgIpc) is 2.55. The lowest BCUT2D eigenvalue weighted by atomic mass is 10.0. The molecule has 0 heterocycles. The number of nitrogens with one attached hydrogen (secondary N) is 1. The Labute approximate surface area is 149 Å². The molecule has 25 heavy (non-hydrogen) atoms. The Morgan fingerprint density at radius 3 is 2.28 bits per heavy atom. The maximum absolute atomic E-state index is 12.5. The van der Waals surface area contributed by atoms with E-state index >= 15 is 0 Å². The van der Waals surface area contributed by atoms with E-state index in [2.05, 4.69) is 5.32 Å². The molecular formula is C19H24N2O3S. The fourth-order valence-electron chi connectivity index (χ4n) is 2.61. The molecule has 2 aromatic carbocycles. The van der Waals surface area contributed by atoms with Crippen molar-refractivity contribution in [3.8, 4) is 0 Å². The molecule has 2 rings (SSSR count). The summed E-state index contributed by atoms with van der Waals surface area (Å²) in [4.78, 5) is 12.4. The molecule has 0 saturated heterocycles. The van der Waals surface area contributed by atoms with E-state index in [0.29, 0.717) is 0 Å². The largest absolute Gasteiger partial charge is 0.348 e. The smallest absolute Gasteiger partial charge is 0.243 e. The molecule has 0 radical (unpaired) electrons. The molecule has 1 atom stereocenters. The first-order valence-corrected chi connectivity index (χ1v) is 9.53. The first-order valence-electron chi connectivity index (χ1n) is 8.09. The maximum atomic E-state index is 12.5. The molecule has 0 aliphatic heterocycles. The van der Waals surface area contributed by atoms with Gasteiger partial charge in [0.25, 0.3) is 0 Å². The summed E-state index contributed by atoms with van der Waals surface area (Å²) in [7, 11) is -2.28. The summed E-state index contributed by atoms with van der Waals surface area (Å²) in [5, 5.41) is 2.86. The number of carbonyl (C=O) groups excluding carboxylic acids is 1. The second-order valence-corrected chi connectivity index (χ2v) is 8.26. The Kier molecular flexibility index (Phi) is 5.98. The molecule has 6 heteroatoms. The molecule has 0 fully saturated rings. The minimum Gasteiger partial charge on any atom is -0.348 e. The van der Waals surface area contributed by atoms with Crippen molar-refractivity contribution < 1.29 is 13.2 Å². The van der Waals surface area contributed by atoms with Gasteiger partial charge in [-0.2, -0.15) is 4.31 Å². The van der Waals surface area contributed by atoms with E-state index in [0.717, 1.165) is 21.0 Å². The molecule has 1 N–H and O–H groups in total. The second kappa shape index (κ2) is 7.80. The lowest BCUT2D eigenvalue weighted by Gasteiger charge is -2.20. The van der Waals surface area contributed by atoms with Gasteiger partial charge in [-0.15, -0.1) is 0 Å². The molecule has 0 bridgehead atoms. The molecule has 0 unspecified atom stereocenters. The summed E-state index contributed by atoms with van der Waals surface area (Å²) in [5.74, 6) is -0.339. The van der Waals surface area contributed by atoms with Crippen molar-refractivity contribution >= 4 is 15.9 Å². The maximum Gasteiger partial charge on any atom is 0.243 e. The van der Waals surface area contributed by atoms with Crippen LogP contribution >= 0.6 is 0 Å². The van der Waals surface area contributed by atoms with Crippen molar-refractivity contribution in [2.75, 3.05) is 13.6 Å². The molecule has 134 valence electrons. The van der Waals surface area contributed by atoms with Crippen LogP contribution in [0.25, 0.3) is 0 Å². The molecule has 0 saturated carbocycles. The molecule has 1 amide bonds. The Morgan fingerprint density at radius 1 is 1.08 bits per heavy atom. The predicted octanol–water partition coefficient (Wildman–Crippen LogP) is 2.80. The highest BCUT2D eigenvalue weighted by molar-refractivity contribution is 7.89. The second-order valence-electron chi connectivity index (χ2n) is 6.22. The average molecular weight is 360 g/mol. The number of rotatable bonds is 6. The van der Waals surface area contributed by atoms with Crippen LogP contribution < -0.4 is 5.32 Å².